The van der Waals surface area contributed by atoms with Gasteiger partial charge >= 0.3 is 0 Å². The summed E-state index contributed by atoms with van der Waals surface area (Å²) in [6.45, 7) is 11.8. The first-order valence-corrected chi connectivity index (χ1v) is 13.5. The van der Waals surface area contributed by atoms with E-state index in [0.717, 1.165) is 0 Å². The van der Waals surface area contributed by atoms with E-state index in [1.54, 1.807) is 36.5 Å². The van der Waals surface area contributed by atoms with Gasteiger partial charge in [-0.05, 0) is 65.6 Å². The summed E-state index contributed by atoms with van der Waals surface area (Å²) in [7, 11) is 0. The quantitative estimate of drug-likeness (QED) is 0.185. The van der Waals surface area contributed by atoms with Crippen molar-refractivity contribution in [2.24, 2.45) is 10.7 Å². The van der Waals surface area contributed by atoms with Crippen LogP contribution in [0.1, 0.15) is 58.6 Å². The largest absolute Gasteiger partial charge is 0.593 e. The average Bonchev–Trinajstić information content (AvgIpc) is 3.35. The van der Waals surface area contributed by atoms with Crippen LogP contribution in [0.25, 0.3) is 5.70 Å². The molecule has 0 aliphatic heterocycles. The van der Waals surface area contributed by atoms with Crippen LogP contribution in [-0.4, -0.2) is 34.9 Å². The van der Waals surface area contributed by atoms with Crippen LogP contribution in [-0.2, 0) is 17.9 Å². The van der Waals surface area contributed by atoms with E-state index in [1.165, 1.54) is 24.3 Å². The zero-order valence-electron chi connectivity index (χ0n) is 21.7. The minimum absolute atomic E-state index is 0.0732. The molecule has 0 spiro atoms. The van der Waals surface area contributed by atoms with Gasteiger partial charge in [0, 0.05) is 16.4 Å². The standard InChI is InChI=1S/C25H32FN7O2S2/c1-24(2,3)36-32-21-15-29-22(30-23(21)33-37(34)25(4,5)6)18(27)13-20(19-11-12-35-31-19)28-14-16-9-7-8-10-17(16)26/h7-13,15,32H,14,27H2,1-6H3,(H,29,30,33). The first-order valence-electron chi connectivity index (χ1n) is 11.5. The maximum atomic E-state index is 14.1. The van der Waals surface area contributed by atoms with Crippen LogP contribution < -0.4 is 15.2 Å². The van der Waals surface area contributed by atoms with Crippen molar-refractivity contribution >= 4 is 46.2 Å². The lowest BCUT2D eigenvalue weighted by molar-refractivity contribution is 0.418. The highest BCUT2D eigenvalue weighted by Crippen LogP contribution is 2.30. The van der Waals surface area contributed by atoms with Crippen molar-refractivity contribution in [1.29, 1.82) is 0 Å². The Bertz CT molecular complexity index is 1250. The molecule has 1 unspecified atom stereocenters. The number of rotatable bonds is 9. The van der Waals surface area contributed by atoms with E-state index in [-0.39, 0.29) is 28.6 Å². The van der Waals surface area contributed by atoms with Gasteiger partial charge in [0.15, 0.2) is 11.6 Å². The summed E-state index contributed by atoms with van der Waals surface area (Å²) in [5, 5.41) is 3.94. The highest BCUT2D eigenvalue weighted by molar-refractivity contribution is 8.01. The molecule has 0 amide bonds. The minimum atomic E-state index is -1.44. The SMILES string of the molecule is CC(C)(C)SNc1cnc(C(N)=CC(=NCc2ccccc2F)c2ccon2)nc1N[S+]([O-])C(C)(C)C. The van der Waals surface area contributed by atoms with Gasteiger partial charge < -0.3 is 19.5 Å². The maximum absolute atomic E-state index is 14.1. The molecule has 0 saturated heterocycles. The second-order valence-corrected chi connectivity index (χ2v) is 13.6. The molecule has 3 aromatic rings. The number of nitrogens with zero attached hydrogens (tertiary/aromatic N) is 4. The molecule has 0 aliphatic carbocycles. The number of benzene rings is 1. The van der Waals surface area contributed by atoms with E-state index in [1.807, 2.05) is 20.8 Å². The van der Waals surface area contributed by atoms with E-state index < -0.39 is 16.1 Å². The molecular weight excluding hydrogens is 513 g/mol. The van der Waals surface area contributed by atoms with Gasteiger partial charge in [0.2, 0.25) is 0 Å². The Balaban J connectivity index is 1.97. The minimum Gasteiger partial charge on any atom is -0.593 e. The molecule has 0 fully saturated rings. The van der Waals surface area contributed by atoms with Gasteiger partial charge in [-0.2, -0.15) is 4.72 Å². The maximum Gasteiger partial charge on any atom is 0.198 e. The van der Waals surface area contributed by atoms with Gasteiger partial charge in [-0.15, -0.1) is 0 Å². The van der Waals surface area contributed by atoms with Crippen LogP contribution in [0.5, 0.6) is 0 Å². The van der Waals surface area contributed by atoms with Crippen LogP contribution in [0.4, 0.5) is 15.9 Å². The van der Waals surface area contributed by atoms with Crippen LogP contribution in [0, 0.1) is 5.82 Å². The van der Waals surface area contributed by atoms with Gasteiger partial charge in [0.25, 0.3) is 0 Å². The highest BCUT2D eigenvalue weighted by atomic mass is 32.2. The lowest BCUT2D eigenvalue weighted by Crippen LogP contribution is -2.34. The van der Waals surface area contributed by atoms with Crippen molar-refractivity contribution in [3.05, 3.63) is 71.8 Å². The number of halogens is 1. The molecule has 0 bridgehead atoms. The second-order valence-electron chi connectivity index (χ2n) is 10.0. The number of hydrogen-bond donors (Lipinski definition) is 3. The number of nitrogens with two attached hydrogens (primary N) is 1. The van der Waals surface area contributed by atoms with Gasteiger partial charge in [0.05, 0.1) is 35.5 Å². The second kappa shape index (κ2) is 12.0. The molecule has 12 heteroatoms. The van der Waals surface area contributed by atoms with Gasteiger partial charge in [-0.25, -0.2) is 14.4 Å². The molecule has 198 valence electrons. The summed E-state index contributed by atoms with van der Waals surface area (Å²) in [6, 6.07) is 8.02. The predicted octanol–water partition coefficient (Wildman–Crippen LogP) is 5.33. The summed E-state index contributed by atoms with van der Waals surface area (Å²) in [4.78, 5) is 13.5. The summed E-state index contributed by atoms with van der Waals surface area (Å²) in [5.41, 5.74) is 8.35. The Morgan fingerprint density at radius 1 is 1.22 bits per heavy atom. The topological polar surface area (TPSA) is 137 Å². The van der Waals surface area contributed by atoms with E-state index in [0.29, 0.717) is 28.5 Å². The van der Waals surface area contributed by atoms with Gasteiger partial charge in [0.1, 0.15) is 28.2 Å². The Labute approximate surface area is 224 Å². The molecule has 2 heterocycles. The lowest BCUT2D eigenvalue weighted by atomic mass is 10.2. The number of anilines is 2. The monoisotopic (exact) mass is 545 g/mol. The molecule has 0 aliphatic rings. The molecule has 9 nitrogen and oxygen atoms in total. The first kappa shape index (κ1) is 28.5. The normalized spacial score (nSPS) is 13.9. The van der Waals surface area contributed by atoms with E-state index in [4.69, 9.17) is 10.3 Å². The van der Waals surface area contributed by atoms with E-state index in [9.17, 15) is 8.94 Å². The van der Waals surface area contributed by atoms with Crippen LogP contribution in [0.15, 0.2) is 58.4 Å². The number of nitrogens with one attached hydrogen (secondary N) is 2. The Morgan fingerprint density at radius 3 is 2.57 bits per heavy atom. The number of allylic oxidation sites excluding steroid dienone is 1. The molecule has 0 saturated carbocycles. The zero-order valence-corrected chi connectivity index (χ0v) is 23.3. The third-order valence-electron chi connectivity index (χ3n) is 4.63. The van der Waals surface area contributed by atoms with Crippen molar-refractivity contribution in [3.63, 3.8) is 0 Å². The summed E-state index contributed by atoms with van der Waals surface area (Å²) < 4.78 is 37.5. The highest BCUT2D eigenvalue weighted by Gasteiger charge is 2.28. The number of aromatic nitrogens is 3. The third kappa shape index (κ3) is 8.48. The molecule has 4 N–H and O–H groups in total. The molecule has 0 radical (unpaired) electrons. The van der Waals surface area contributed by atoms with Gasteiger partial charge in [-0.3, -0.25) is 4.99 Å². The Hall–Kier alpha value is -3.09. The first-order chi connectivity index (χ1) is 17.3. The average molecular weight is 546 g/mol. The van der Waals surface area contributed by atoms with Crippen LogP contribution in [0.2, 0.25) is 0 Å². The molecule has 1 aromatic carbocycles. The van der Waals surface area contributed by atoms with Crippen molar-refractivity contribution in [1.82, 2.24) is 15.1 Å². The van der Waals surface area contributed by atoms with Crippen molar-refractivity contribution in [3.8, 4) is 0 Å². The van der Waals surface area contributed by atoms with Crippen LogP contribution >= 0.6 is 11.9 Å². The zero-order chi connectivity index (χ0) is 27.2. The Kier molecular flexibility index (Phi) is 9.21. The summed E-state index contributed by atoms with van der Waals surface area (Å²) in [6.07, 6.45) is 4.54. The molecule has 3 rings (SSSR count). The summed E-state index contributed by atoms with van der Waals surface area (Å²) in [5.74, 6) is 0.185. The molecular formula is C25H32FN7O2S2. The van der Waals surface area contributed by atoms with Crippen LogP contribution in [0.3, 0.4) is 0 Å². The van der Waals surface area contributed by atoms with Crippen molar-refractivity contribution in [2.75, 3.05) is 9.44 Å². The van der Waals surface area contributed by atoms with E-state index in [2.05, 4.69) is 50.3 Å². The smallest absolute Gasteiger partial charge is 0.198 e. The molecule has 2 aromatic heterocycles. The number of hydrogen-bond acceptors (Lipinski definition) is 10. The van der Waals surface area contributed by atoms with Crippen molar-refractivity contribution in [2.45, 2.75) is 57.6 Å². The fourth-order valence-electron chi connectivity index (χ4n) is 2.68. The fraction of sp³-hybridized carbons (Fsp3) is 0.360. The predicted molar refractivity (Wildman–Crippen MR) is 150 cm³/mol. The third-order valence-corrected chi connectivity index (χ3v) is 7.06. The molecule has 37 heavy (non-hydrogen) atoms. The van der Waals surface area contributed by atoms with Crippen molar-refractivity contribution < 1.29 is 13.5 Å². The fourth-order valence-corrected chi connectivity index (χ4v) is 3.88. The summed E-state index contributed by atoms with van der Waals surface area (Å²) >= 11 is 0.0431. The Morgan fingerprint density at radius 2 is 1.95 bits per heavy atom. The van der Waals surface area contributed by atoms with E-state index >= 15 is 0 Å². The number of aliphatic imine (C=N–C) groups is 1. The van der Waals surface area contributed by atoms with Gasteiger partial charge in [-0.1, -0.05) is 23.4 Å². The lowest BCUT2D eigenvalue weighted by Gasteiger charge is -2.25. The molecule has 1 atom stereocenters.